The zero-order chi connectivity index (χ0) is 15.2. The summed E-state index contributed by atoms with van der Waals surface area (Å²) in [7, 11) is 3.21. The summed E-state index contributed by atoms with van der Waals surface area (Å²) < 4.78 is 0. The van der Waals surface area contributed by atoms with Gasteiger partial charge in [0, 0.05) is 14.1 Å². The number of nitrogens with two attached hydrogens (primary N) is 1. The summed E-state index contributed by atoms with van der Waals surface area (Å²) in [6.07, 6.45) is 0. The topological polar surface area (TPSA) is 105 Å². The van der Waals surface area contributed by atoms with Crippen molar-refractivity contribution in [1.82, 2.24) is 15.5 Å². The Kier molecular flexibility index (Phi) is 7.06. The fourth-order valence-corrected chi connectivity index (χ4v) is 1.33. The Bertz CT molecular complexity index is 342. The van der Waals surface area contributed by atoms with Crippen molar-refractivity contribution in [3.8, 4) is 0 Å². The van der Waals surface area contributed by atoms with Crippen molar-refractivity contribution in [2.45, 2.75) is 32.9 Å². The molecule has 4 N–H and O–H groups in total. The molecular formula is C12H24N4O3. The third-order valence-electron chi connectivity index (χ3n) is 2.63. The van der Waals surface area contributed by atoms with Crippen LogP contribution < -0.4 is 16.4 Å². The molecule has 0 rings (SSSR count). The van der Waals surface area contributed by atoms with Gasteiger partial charge in [0.25, 0.3) is 0 Å². The first-order valence-corrected chi connectivity index (χ1v) is 6.20. The maximum absolute atomic E-state index is 11.5. The highest BCUT2D eigenvalue weighted by Crippen LogP contribution is 1.97. The molecule has 7 heteroatoms. The maximum atomic E-state index is 11.5. The van der Waals surface area contributed by atoms with Gasteiger partial charge in [0.05, 0.1) is 12.6 Å². The van der Waals surface area contributed by atoms with Crippen LogP contribution in [-0.4, -0.2) is 55.3 Å². The average Bonchev–Trinajstić information content (AvgIpc) is 2.33. The van der Waals surface area contributed by atoms with Gasteiger partial charge in [-0.1, -0.05) is 13.8 Å². The van der Waals surface area contributed by atoms with Gasteiger partial charge in [0.15, 0.2) is 0 Å². The molecule has 0 saturated heterocycles. The summed E-state index contributed by atoms with van der Waals surface area (Å²) in [6, 6.07) is -1.27. The standard InChI is InChI=1S/C12H24N4O3/c1-7(2)10(13)11(18)14-6-9(17)15-8(3)12(19)16(4)5/h7-8,10H,6,13H2,1-5H3,(H,14,18)(H,15,17)/t8?,10-/m0/s1. The lowest BCUT2D eigenvalue weighted by Gasteiger charge is -2.19. The van der Waals surface area contributed by atoms with Gasteiger partial charge in [0.2, 0.25) is 17.7 Å². The second-order valence-corrected chi connectivity index (χ2v) is 5.01. The summed E-state index contributed by atoms with van der Waals surface area (Å²) in [4.78, 5) is 36.0. The SMILES string of the molecule is CC(NC(=O)CNC(=O)[C@@H](N)C(C)C)C(=O)N(C)C. The molecule has 0 aliphatic heterocycles. The zero-order valence-electron chi connectivity index (χ0n) is 12.2. The second kappa shape index (κ2) is 7.73. The first-order valence-electron chi connectivity index (χ1n) is 6.20. The molecule has 110 valence electrons. The molecule has 0 aromatic heterocycles. The van der Waals surface area contributed by atoms with Crippen LogP contribution in [0.4, 0.5) is 0 Å². The van der Waals surface area contributed by atoms with Gasteiger partial charge in [-0.05, 0) is 12.8 Å². The number of hydrogen-bond donors (Lipinski definition) is 3. The number of carbonyl (C=O) groups excluding carboxylic acids is 3. The van der Waals surface area contributed by atoms with Gasteiger partial charge in [-0.15, -0.1) is 0 Å². The van der Waals surface area contributed by atoms with Crippen LogP contribution in [0.3, 0.4) is 0 Å². The highest BCUT2D eigenvalue weighted by molar-refractivity contribution is 5.90. The van der Waals surface area contributed by atoms with Crippen LogP contribution >= 0.6 is 0 Å². The third-order valence-corrected chi connectivity index (χ3v) is 2.63. The number of nitrogens with one attached hydrogen (secondary N) is 2. The normalized spacial score (nSPS) is 13.6. The van der Waals surface area contributed by atoms with E-state index < -0.39 is 18.0 Å². The van der Waals surface area contributed by atoms with E-state index in [1.165, 1.54) is 4.90 Å². The molecule has 19 heavy (non-hydrogen) atoms. The van der Waals surface area contributed by atoms with Crippen molar-refractivity contribution >= 4 is 17.7 Å². The van der Waals surface area contributed by atoms with Crippen molar-refractivity contribution in [1.29, 1.82) is 0 Å². The van der Waals surface area contributed by atoms with E-state index in [9.17, 15) is 14.4 Å². The Balaban J connectivity index is 4.13. The number of carbonyl (C=O) groups is 3. The Labute approximate surface area is 113 Å². The van der Waals surface area contributed by atoms with Crippen molar-refractivity contribution in [3.63, 3.8) is 0 Å². The molecule has 1 unspecified atom stereocenters. The van der Waals surface area contributed by atoms with E-state index in [4.69, 9.17) is 5.73 Å². The Morgan fingerprint density at radius 3 is 2.11 bits per heavy atom. The molecular weight excluding hydrogens is 248 g/mol. The number of hydrogen-bond acceptors (Lipinski definition) is 4. The van der Waals surface area contributed by atoms with Crippen LogP contribution in [0.1, 0.15) is 20.8 Å². The molecule has 0 aromatic rings. The van der Waals surface area contributed by atoms with Gasteiger partial charge in [0.1, 0.15) is 6.04 Å². The maximum Gasteiger partial charge on any atom is 0.244 e. The second-order valence-electron chi connectivity index (χ2n) is 5.01. The van der Waals surface area contributed by atoms with E-state index in [1.807, 2.05) is 13.8 Å². The molecule has 0 heterocycles. The summed E-state index contributed by atoms with van der Waals surface area (Å²) in [5.41, 5.74) is 5.63. The van der Waals surface area contributed by atoms with E-state index in [0.29, 0.717) is 0 Å². The molecule has 7 nitrogen and oxygen atoms in total. The van der Waals surface area contributed by atoms with Crippen LogP contribution in [0.25, 0.3) is 0 Å². The number of rotatable bonds is 6. The van der Waals surface area contributed by atoms with Gasteiger partial charge in [-0.25, -0.2) is 0 Å². The molecule has 3 amide bonds. The summed E-state index contributed by atoms with van der Waals surface area (Å²) >= 11 is 0. The number of amides is 3. The fraction of sp³-hybridized carbons (Fsp3) is 0.750. The monoisotopic (exact) mass is 272 g/mol. The third kappa shape index (κ3) is 6.19. The van der Waals surface area contributed by atoms with Crippen LogP contribution in [0, 0.1) is 5.92 Å². The van der Waals surface area contributed by atoms with Crippen LogP contribution in [0.2, 0.25) is 0 Å². The summed E-state index contributed by atoms with van der Waals surface area (Å²) in [5, 5.41) is 4.93. The van der Waals surface area contributed by atoms with Crippen molar-refractivity contribution in [2.75, 3.05) is 20.6 Å². The molecule has 0 aliphatic carbocycles. The fourth-order valence-electron chi connectivity index (χ4n) is 1.33. The molecule has 0 aromatic carbocycles. The van der Waals surface area contributed by atoms with E-state index in [2.05, 4.69) is 10.6 Å². The molecule has 0 aliphatic rings. The lowest BCUT2D eigenvalue weighted by Crippen LogP contribution is -2.50. The van der Waals surface area contributed by atoms with E-state index in [0.717, 1.165) is 0 Å². The van der Waals surface area contributed by atoms with E-state index in [-0.39, 0.29) is 24.3 Å². The predicted molar refractivity (Wildman–Crippen MR) is 72.1 cm³/mol. The van der Waals surface area contributed by atoms with Crippen molar-refractivity contribution < 1.29 is 14.4 Å². The minimum absolute atomic E-state index is 0.00250. The highest BCUT2D eigenvalue weighted by Gasteiger charge is 2.20. The predicted octanol–water partition coefficient (Wildman–Crippen LogP) is -1.32. The Morgan fingerprint density at radius 2 is 1.68 bits per heavy atom. The minimum Gasteiger partial charge on any atom is -0.347 e. The first kappa shape index (κ1) is 17.4. The van der Waals surface area contributed by atoms with Gasteiger partial charge in [-0.2, -0.15) is 0 Å². The molecule has 0 spiro atoms. The van der Waals surface area contributed by atoms with Gasteiger partial charge < -0.3 is 21.3 Å². The molecule has 2 atom stereocenters. The van der Waals surface area contributed by atoms with Crippen LogP contribution in [-0.2, 0) is 14.4 Å². The van der Waals surface area contributed by atoms with Crippen molar-refractivity contribution in [2.24, 2.45) is 11.7 Å². The van der Waals surface area contributed by atoms with Crippen molar-refractivity contribution in [3.05, 3.63) is 0 Å². The number of nitrogens with zero attached hydrogens (tertiary/aromatic N) is 1. The zero-order valence-corrected chi connectivity index (χ0v) is 12.2. The molecule has 0 bridgehead atoms. The smallest absolute Gasteiger partial charge is 0.244 e. The van der Waals surface area contributed by atoms with Gasteiger partial charge >= 0.3 is 0 Å². The minimum atomic E-state index is -0.645. The van der Waals surface area contributed by atoms with E-state index in [1.54, 1.807) is 21.0 Å². The highest BCUT2D eigenvalue weighted by atomic mass is 16.2. The van der Waals surface area contributed by atoms with Crippen LogP contribution in [0.15, 0.2) is 0 Å². The molecule has 0 fully saturated rings. The van der Waals surface area contributed by atoms with E-state index >= 15 is 0 Å². The summed E-state index contributed by atoms with van der Waals surface area (Å²) in [5.74, 6) is -1.01. The van der Waals surface area contributed by atoms with Crippen LogP contribution in [0.5, 0.6) is 0 Å². The Morgan fingerprint density at radius 1 is 1.16 bits per heavy atom. The largest absolute Gasteiger partial charge is 0.347 e. The summed E-state index contributed by atoms with van der Waals surface area (Å²) in [6.45, 7) is 5.04. The lowest BCUT2D eigenvalue weighted by molar-refractivity contribution is -0.134. The quantitative estimate of drug-likeness (QED) is 0.557. The average molecular weight is 272 g/mol. The lowest BCUT2D eigenvalue weighted by atomic mass is 10.1. The van der Waals surface area contributed by atoms with Gasteiger partial charge in [-0.3, -0.25) is 14.4 Å². The molecule has 0 saturated carbocycles. The number of likely N-dealkylation sites (N-methyl/N-ethyl adjacent to an activating group) is 1. The Hall–Kier alpha value is -1.63. The molecule has 0 radical (unpaired) electrons. The first-order chi connectivity index (χ1) is 8.66.